The van der Waals surface area contributed by atoms with E-state index in [0.717, 1.165) is 32.0 Å². The highest BCUT2D eigenvalue weighted by Gasteiger charge is 2.27. The number of aromatic nitrogens is 2. The first-order valence-corrected chi connectivity index (χ1v) is 10.0. The van der Waals surface area contributed by atoms with Crippen LogP contribution in [0.3, 0.4) is 0 Å². The number of hydrogen-bond donors (Lipinski definition) is 1. The van der Waals surface area contributed by atoms with Gasteiger partial charge in [0.1, 0.15) is 0 Å². The average molecular weight is 354 g/mol. The molecule has 1 aliphatic heterocycles. The number of aliphatic imine (C=N–C) groups is 1. The molecule has 0 aliphatic carbocycles. The third-order valence-electron chi connectivity index (χ3n) is 4.24. The molecule has 1 aromatic rings. The van der Waals surface area contributed by atoms with E-state index in [2.05, 4.69) is 28.4 Å². The standard InChI is InChI=1S/C17H31N5OS/c1-6-18-16(19-8-10-24(23)17(2,3)4)22-9-7-14(13-22)15-11-20-21(5)12-15/h11-12,14H,6-10,13H2,1-5H3,(H,18,19). The quantitative estimate of drug-likeness (QED) is 0.647. The fourth-order valence-corrected chi connectivity index (χ4v) is 3.71. The zero-order valence-corrected chi connectivity index (χ0v) is 16.4. The van der Waals surface area contributed by atoms with Crippen LogP contribution >= 0.6 is 0 Å². The zero-order valence-electron chi connectivity index (χ0n) is 15.6. The minimum absolute atomic E-state index is 0.174. The second-order valence-electron chi connectivity index (χ2n) is 7.28. The van der Waals surface area contributed by atoms with Crippen LogP contribution in [0.25, 0.3) is 0 Å². The molecule has 2 unspecified atom stereocenters. The summed E-state index contributed by atoms with van der Waals surface area (Å²) in [5.41, 5.74) is 1.30. The van der Waals surface area contributed by atoms with Gasteiger partial charge in [-0.15, -0.1) is 0 Å². The fourth-order valence-electron chi connectivity index (χ4n) is 2.84. The molecular weight excluding hydrogens is 322 g/mol. The van der Waals surface area contributed by atoms with E-state index < -0.39 is 10.8 Å². The van der Waals surface area contributed by atoms with Gasteiger partial charge < -0.3 is 10.2 Å². The molecule has 2 heterocycles. The summed E-state index contributed by atoms with van der Waals surface area (Å²) in [5, 5.41) is 7.65. The molecule has 1 aromatic heterocycles. The van der Waals surface area contributed by atoms with E-state index in [1.807, 2.05) is 38.7 Å². The van der Waals surface area contributed by atoms with Gasteiger partial charge in [0, 0.05) is 60.1 Å². The maximum atomic E-state index is 12.2. The van der Waals surface area contributed by atoms with Crippen LogP contribution in [0.15, 0.2) is 17.4 Å². The van der Waals surface area contributed by atoms with Gasteiger partial charge in [-0.3, -0.25) is 13.9 Å². The smallest absolute Gasteiger partial charge is 0.193 e. The Bertz CT molecular complexity index is 590. The first-order chi connectivity index (χ1) is 11.3. The molecule has 136 valence electrons. The Balaban J connectivity index is 1.95. The van der Waals surface area contributed by atoms with E-state index in [-0.39, 0.29) is 4.75 Å². The van der Waals surface area contributed by atoms with E-state index in [4.69, 9.17) is 4.99 Å². The topological polar surface area (TPSA) is 62.5 Å². The molecular formula is C17H31N5OS. The van der Waals surface area contributed by atoms with Crippen LogP contribution in [0, 0.1) is 0 Å². The first-order valence-electron chi connectivity index (χ1n) is 8.71. The summed E-state index contributed by atoms with van der Waals surface area (Å²) in [4.78, 5) is 7.01. The number of nitrogens with one attached hydrogen (secondary N) is 1. The van der Waals surface area contributed by atoms with Gasteiger partial charge in [-0.2, -0.15) is 5.10 Å². The average Bonchev–Trinajstić information content (AvgIpc) is 3.14. The van der Waals surface area contributed by atoms with E-state index in [1.54, 1.807) is 0 Å². The van der Waals surface area contributed by atoms with Crippen molar-refractivity contribution in [3.63, 3.8) is 0 Å². The Morgan fingerprint density at radius 1 is 1.50 bits per heavy atom. The summed E-state index contributed by atoms with van der Waals surface area (Å²) < 4.78 is 13.8. The SMILES string of the molecule is CCNC(=NCCS(=O)C(C)(C)C)N1CCC(c2cnn(C)c2)C1. The summed E-state index contributed by atoms with van der Waals surface area (Å²) in [5.74, 6) is 2.05. The fraction of sp³-hybridized carbons (Fsp3) is 0.765. The molecule has 0 aromatic carbocycles. The van der Waals surface area contributed by atoms with E-state index >= 15 is 0 Å². The Kier molecular flexibility index (Phi) is 6.43. The van der Waals surface area contributed by atoms with Gasteiger partial charge in [0.05, 0.1) is 12.7 Å². The van der Waals surface area contributed by atoms with Crippen LogP contribution in [0.4, 0.5) is 0 Å². The predicted molar refractivity (Wildman–Crippen MR) is 101 cm³/mol. The lowest BCUT2D eigenvalue weighted by Crippen LogP contribution is -2.40. The molecule has 0 amide bonds. The zero-order chi connectivity index (χ0) is 17.7. The molecule has 1 aliphatic rings. The Hall–Kier alpha value is -1.37. The van der Waals surface area contributed by atoms with Crippen molar-refractivity contribution >= 4 is 16.8 Å². The van der Waals surface area contributed by atoms with Gasteiger partial charge in [-0.25, -0.2) is 0 Å². The largest absolute Gasteiger partial charge is 0.357 e. The van der Waals surface area contributed by atoms with Crippen LogP contribution in [-0.4, -0.2) is 61.5 Å². The van der Waals surface area contributed by atoms with Gasteiger partial charge in [0.25, 0.3) is 0 Å². The molecule has 2 atom stereocenters. The highest BCUT2D eigenvalue weighted by molar-refractivity contribution is 7.86. The number of likely N-dealkylation sites (tertiary alicyclic amines) is 1. The third kappa shape index (κ3) is 5.06. The molecule has 6 nitrogen and oxygen atoms in total. The van der Waals surface area contributed by atoms with Crippen LogP contribution in [0.2, 0.25) is 0 Å². The third-order valence-corrected chi connectivity index (χ3v) is 6.16. The molecule has 1 saturated heterocycles. The molecule has 7 heteroatoms. The van der Waals surface area contributed by atoms with Gasteiger partial charge in [0.15, 0.2) is 5.96 Å². The molecule has 0 spiro atoms. The van der Waals surface area contributed by atoms with Gasteiger partial charge in [-0.1, -0.05) is 0 Å². The minimum atomic E-state index is -0.858. The van der Waals surface area contributed by atoms with Crippen LogP contribution < -0.4 is 5.32 Å². The van der Waals surface area contributed by atoms with Crippen molar-refractivity contribution in [1.29, 1.82) is 0 Å². The van der Waals surface area contributed by atoms with Gasteiger partial charge in [-0.05, 0) is 39.7 Å². The van der Waals surface area contributed by atoms with Crippen molar-refractivity contribution < 1.29 is 4.21 Å². The van der Waals surface area contributed by atoms with Crippen molar-refractivity contribution in [3.8, 4) is 0 Å². The summed E-state index contributed by atoms with van der Waals surface area (Å²) in [6, 6.07) is 0. The summed E-state index contributed by atoms with van der Waals surface area (Å²) in [7, 11) is 1.10. The number of rotatable bonds is 5. The normalized spacial score (nSPS) is 20.5. The van der Waals surface area contributed by atoms with Crippen LogP contribution in [0.5, 0.6) is 0 Å². The van der Waals surface area contributed by atoms with Crippen LogP contribution in [0.1, 0.15) is 45.6 Å². The molecule has 0 saturated carbocycles. The second-order valence-corrected chi connectivity index (χ2v) is 9.60. The molecule has 2 rings (SSSR count). The highest BCUT2D eigenvalue weighted by Crippen LogP contribution is 2.26. The Morgan fingerprint density at radius 3 is 2.83 bits per heavy atom. The van der Waals surface area contributed by atoms with Gasteiger partial charge >= 0.3 is 0 Å². The molecule has 24 heavy (non-hydrogen) atoms. The summed E-state index contributed by atoms with van der Waals surface area (Å²) in [6.45, 7) is 11.5. The maximum absolute atomic E-state index is 12.2. The lowest BCUT2D eigenvalue weighted by Gasteiger charge is -2.22. The van der Waals surface area contributed by atoms with Crippen LogP contribution in [-0.2, 0) is 17.8 Å². The summed E-state index contributed by atoms with van der Waals surface area (Å²) >= 11 is 0. The number of guanidine groups is 1. The lowest BCUT2D eigenvalue weighted by atomic mass is 10.0. The minimum Gasteiger partial charge on any atom is -0.357 e. The highest BCUT2D eigenvalue weighted by atomic mass is 32.2. The molecule has 0 radical (unpaired) electrons. The van der Waals surface area contributed by atoms with Gasteiger partial charge in [0.2, 0.25) is 0 Å². The number of nitrogens with zero attached hydrogens (tertiary/aromatic N) is 4. The number of hydrogen-bond acceptors (Lipinski definition) is 3. The Labute approximate surface area is 148 Å². The van der Waals surface area contributed by atoms with E-state index in [0.29, 0.717) is 18.2 Å². The molecule has 0 bridgehead atoms. The summed E-state index contributed by atoms with van der Waals surface area (Å²) in [6.07, 6.45) is 5.18. The van der Waals surface area contributed by atoms with E-state index in [1.165, 1.54) is 5.56 Å². The van der Waals surface area contributed by atoms with Crippen molar-refractivity contribution in [2.75, 3.05) is 31.9 Å². The maximum Gasteiger partial charge on any atom is 0.193 e. The second kappa shape index (κ2) is 8.14. The number of aryl methyl sites for hydroxylation is 1. The Morgan fingerprint density at radius 2 is 2.25 bits per heavy atom. The van der Waals surface area contributed by atoms with Crippen molar-refractivity contribution in [2.45, 2.75) is 44.8 Å². The first kappa shape index (κ1) is 19.0. The van der Waals surface area contributed by atoms with E-state index in [9.17, 15) is 4.21 Å². The predicted octanol–water partition coefficient (Wildman–Crippen LogP) is 1.72. The molecule has 1 N–H and O–H groups in total. The van der Waals surface area contributed by atoms with Crippen molar-refractivity contribution in [2.24, 2.45) is 12.0 Å². The van der Waals surface area contributed by atoms with Crippen molar-refractivity contribution in [1.82, 2.24) is 20.0 Å². The van der Waals surface area contributed by atoms with Crippen molar-refractivity contribution in [3.05, 3.63) is 18.0 Å². The lowest BCUT2D eigenvalue weighted by molar-refractivity contribution is 0.487. The molecule has 1 fully saturated rings. The monoisotopic (exact) mass is 353 g/mol.